The molecular weight excluding hydrogens is 260 g/mol. The van der Waals surface area contributed by atoms with Gasteiger partial charge in [0.1, 0.15) is 11.6 Å². The summed E-state index contributed by atoms with van der Waals surface area (Å²) in [6.45, 7) is 3.27. The number of hydrogen-bond acceptors (Lipinski definition) is 4. The molecule has 2 aromatic rings. The maximum Gasteiger partial charge on any atom is 0.163 e. The van der Waals surface area contributed by atoms with Crippen LogP contribution in [-0.4, -0.2) is 29.6 Å². The summed E-state index contributed by atoms with van der Waals surface area (Å²) in [7, 11) is 1.90. The van der Waals surface area contributed by atoms with Gasteiger partial charge in [0.05, 0.1) is 0 Å². The maximum absolute atomic E-state index is 4.81. The molecule has 1 fully saturated rings. The van der Waals surface area contributed by atoms with Crippen LogP contribution in [0, 0.1) is 0 Å². The van der Waals surface area contributed by atoms with Gasteiger partial charge in [0.15, 0.2) is 5.82 Å². The molecule has 0 saturated heterocycles. The number of anilines is 2. The van der Waals surface area contributed by atoms with Crippen molar-refractivity contribution in [2.24, 2.45) is 0 Å². The lowest BCUT2D eigenvalue weighted by atomic mass is 10.2. The highest BCUT2D eigenvalue weighted by molar-refractivity contribution is 5.62. The van der Waals surface area contributed by atoms with E-state index >= 15 is 0 Å². The molecule has 1 heterocycles. The quantitative estimate of drug-likeness (QED) is 0.879. The van der Waals surface area contributed by atoms with Crippen LogP contribution in [0.1, 0.15) is 26.2 Å². The van der Waals surface area contributed by atoms with E-state index < -0.39 is 0 Å². The molecule has 1 N–H and O–H groups in total. The summed E-state index contributed by atoms with van der Waals surface area (Å²) in [5.41, 5.74) is 1.06. The van der Waals surface area contributed by atoms with Crippen molar-refractivity contribution in [3.05, 3.63) is 36.4 Å². The molecule has 110 valence electrons. The molecule has 1 aliphatic rings. The highest BCUT2D eigenvalue weighted by Gasteiger charge is 2.30. The number of benzene rings is 1. The van der Waals surface area contributed by atoms with E-state index in [1.54, 1.807) is 0 Å². The van der Waals surface area contributed by atoms with Gasteiger partial charge in [-0.05, 0) is 19.3 Å². The first-order chi connectivity index (χ1) is 10.3. The van der Waals surface area contributed by atoms with E-state index in [1.807, 2.05) is 25.2 Å². The van der Waals surface area contributed by atoms with E-state index in [1.165, 1.54) is 12.8 Å². The fourth-order valence-electron chi connectivity index (χ4n) is 2.54. The summed E-state index contributed by atoms with van der Waals surface area (Å²) in [6.07, 6.45) is 3.69. The number of nitrogens with one attached hydrogen (secondary N) is 1. The van der Waals surface area contributed by atoms with E-state index in [9.17, 15) is 0 Å². The Morgan fingerprint density at radius 1 is 1.19 bits per heavy atom. The van der Waals surface area contributed by atoms with Crippen LogP contribution in [0.5, 0.6) is 0 Å². The number of rotatable bonds is 6. The van der Waals surface area contributed by atoms with Crippen molar-refractivity contribution in [1.29, 1.82) is 0 Å². The molecule has 3 rings (SSSR count). The second-order valence-electron chi connectivity index (χ2n) is 5.48. The van der Waals surface area contributed by atoms with Crippen LogP contribution < -0.4 is 10.2 Å². The molecule has 0 spiro atoms. The van der Waals surface area contributed by atoms with Crippen LogP contribution in [0.4, 0.5) is 11.6 Å². The predicted octanol–water partition coefficient (Wildman–Crippen LogP) is 3.56. The van der Waals surface area contributed by atoms with Gasteiger partial charge >= 0.3 is 0 Å². The average molecular weight is 282 g/mol. The number of hydrogen-bond donors (Lipinski definition) is 1. The summed E-state index contributed by atoms with van der Waals surface area (Å²) in [5, 5.41) is 3.16. The minimum Gasteiger partial charge on any atom is -0.373 e. The lowest BCUT2D eigenvalue weighted by molar-refractivity contribution is 0.749. The molecule has 21 heavy (non-hydrogen) atoms. The highest BCUT2D eigenvalue weighted by atomic mass is 15.2. The minimum absolute atomic E-state index is 0.660. The van der Waals surface area contributed by atoms with Crippen LogP contribution in [0.3, 0.4) is 0 Å². The number of aromatic nitrogens is 2. The van der Waals surface area contributed by atoms with Gasteiger partial charge in [0.25, 0.3) is 0 Å². The van der Waals surface area contributed by atoms with Gasteiger partial charge in [0, 0.05) is 31.3 Å². The summed E-state index contributed by atoms with van der Waals surface area (Å²) < 4.78 is 0. The van der Waals surface area contributed by atoms with Crippen LogP contribution in [0.15, 0.2) is 36.4 Å². The van der Waals surface area contributed by atoms with E-state index in [0.717, 1.165) is 36.0 Å². The Labute approximate surface area is 126 Å². The molecule has 0 unspecified atom stereocenters. The first kappa shape index (κ1) is 13.9. The van der Waals surface area contributed by atoms with Crippen LogP contribution in [0.2, 0.25) is 0 Å². The number of nitrogens with zero attached hydrogens (tertiary/aromatic N) is 3. The first-order valence-corrected chi connectivity index (χ1v) is 7.70. The van der Waals surface area contributed by atoms with Crippen LogP contribution >= 0.6 is 0 Å². The Bertz CT molecular complexity index is 593. The zero-order valence-electron chi connectivity index (χ0n) is 12.7. The molecule has 1 aromatic heterocycles. The van der Waals surface area contributed by atoms with E-state index in [0.29, 0.717) is 6.04 Å². The summed E-state index contributed by atoms with van der Waals surface area (Å²) in [6, 6.07) is 12.9. The largest absolute Gasteiger partial charge is 0.373 e. The Balaban J connectivity index is 2.00. The Hall–Kier alpha value is -2.10. The smallest absolute Gasteiger partial charge is 0.163 e. The third kappa shape index (κ3) is 3.15. The molecular formula is C17H22N4. The van der Waals surface area contributed by atoms with Crippen molar-refractivity contribution >= 4 is 11.6 Å². The van der Waals surface area contributed by atoms with E-state index in [2.05, 4.69) is 40.3 Å². The second kappa shape index (κ2) is 6.12. The van der Waals surface area contributed by atoms with Gasteiger partial charge in [-0.15, -0.1) is 0 Å². The maximum atomic E-state index is 4.81. The predicted molar refractivity (Wildman–Crippen MR) is 87.7 cm³/mol. The third-order valence-electron chi connectivity index (χ3n) is 3.75. The van der Waals surface area contributed by atoms with Gasteiger partial charge in [-0.1, -0.05) is 37.3 Å². The van der Waals surface area contributed by atoms with Crippen molar-refractivity contribution in [1.82, 2.24) is 9.97 Å². The third-order valence-corrected chi connectivity index (χ3v) is 3.75. The molecule has 1 aliphatic carbocycles. The van der Waals surface area contributed by atoms with Crippen molar-refractivity contribution in [3.63, 3.8) is 0 Å². The standard InChI is InChI=1S/C17H22N4/c1-3-11-21(14-9-10-14)16-12-15(18-2)19-17(20-16)13-7-5-4-6-8-13/h4-8,12,14H,3,9-11H2,1-2H3,(H,18,19,20). The lowest BCUT2D eigenvalue weighted by Gasteiger charge is -2.23. The van der Waals surface area contributed by atoms with Gasteiger partial charge in [-0.25, -0.2) is 9.97 Å². The summed E-state index contributed by atoms with van der Waals surface area (Å²) in [4.78, 5) is 11.8. The van der Waals surface area contributed by atoms with E-state index in [-0.39, 0.29) is 0 Å². The summed E-state index contributed by atoms with van der Waals surface area (Å²) >= 11 is 0. The molecule has 1 saturated carbocycles. The Kier molecular flexibility index (Phi) is 4.04. The van der Waals surface area contributed by atoms with Gasteiger partial charge in [-0.3, -0.25) is 0 Å². The van der Waals surface area contributed by atoms with Crippen LogP contribution in [0.25, 0.3) is 11.4 Å². The van der Waals surface area contributed by atoms with Crippen LogP contribution in [-0.2, 0) is 0 Å². The second-order valence-corrected chi connectivity index (χ2v) is 5.48. The molecule has 4 nitrogen and oxygen atoms in total. The van der Waals surface area contributed by atoms with Gasteiger partial charge in [0.2, 0.25) is 0 Å². The summed E-state index contributed by atoms with van der Waals surface area (Å²) in [5.74, 6) is 2.71. The topological polar surface area (TPSA) is 41.0 Å². The fourth-order valence-corrected chi connectivity index (χ4v) is 2.54. The molecule has 0 aliphatic heterocycles. The first-order valence-electron chi connectivity index (χ1n) is 7.70. The SMILES string of the molecule is CCCN(c1cc(NC)nc(-c2ccccc2)n1)C1CC1. The Morgan fingerprint density at radius 3 is 2.57 bits per heavy atom. The Morgan fingerprint density at radius 2 is 1.95 bits per heavy atom. The molecule has 0 bridgehead atoms. The molecule has 0 radical (unpaired) electrons. The van der Waals surface area contributed by atoms with Gasteiger partial charge in [-0.2, -0.15) is 0 Å². The van der Waals surface area contributed by atoms with Crippen molar-refractivity contribution < 1.29 is 0 Å². The molecule has 0 amide bonds. The van der Waals surface area contributed by atoms with Crippen molar-refractivity contribution in [2.45, 2.75) is 32.2 Å². The zero-order valence-corrected chi connectivity index (χ0v) is 12.7. The monoisotopic (exact) mass is 282 g/mol. The van der Waals surface area contributed by atoms with Crippen molar-refractivity contribution in [2.75, 3.05) is 23.8 Å². The van der Waals surface area contributed by atoms with E-state index in [4.69, 9.17) is 4.98 Å². The average Bonchev–Trinajstić information content (AvgIpc) is 3.37. The van der Waals surface area contributed by atoms with Gasteiger partial charge < -0.3 is 10.2 Å². The molecule has 4 heteroatoms. The molecule has 1 aromatic carbocycles. The fraction of sp³-hybridized carbons (Fsp3) is 0.412. The highest BCUT2D eigenvalue weighted by Crippen LogP contribution is 2.32. The van der Waals surface area contributed by atoms with Crippen molar-refractivity contribution in [3.8, 4) is 11.4 Å². The zero-order chi connectivity index (χ0) is 14.7. The normalized spacial score (nSPS) is 14.0. The molecule has 0 atom stereocenters. The minimum atomic E-state index is 0.660. The lowest BCUT2D eigenvalue weighted by Crippen LogP contribution is -2.27.